The Kier molecular flexibility index (Phi) is 4.97. The summed E-state index contributed by atoms with van der Waals surface area (Å²) in [6.07, 6.45) is 5.60. The zero-order valence-corrected chi connectivity index (χ0v) is 18.2. The van der Waals surface area contributed by atoms with Crippen LogP contribution in [-0.4, -0.2) is 20.7 Å². The van der Waals surface area contributed by atoms with Crippen LogP contribution in [0.4, 0.5) is 11.5 Å². The van der Waals surface area contributed by atoms with Crippen molar-refractivity contribution in [2.24, 2.45) is 17.8 Å². The summed E-state index contributed by atoms with van der Waals surface area (Å²) >= 11 is 0. The van der Waals surface area contributed by atoms with E-state index in [2.05, 4.69) is 28.5 Å². The van der Waals surface area contributed by atoms with E-state index in [0.29, 0.717) is 12.2 Å². The van der Waals surface area contributed by atoms with Gasteiger partial charge in [0.05, 0.1) is 23.6 Å². The van der Waals surface area contributed by atoms with E-state index in [4.69, 9.17) is 9.97 Å². The first-order valence-corrected chi connectivity index (χ1v) is 11.1. The number of anilines is 2. The number of fused-ring (bicyclic) bond motifs is 3. The maximum absolute atomic E-state index is 13.0. The lowest BCUT2D eigenvalue weighted by atomic mass is 9.51. The summed E-state index contributed by atoms with van der Waals surface area (Å²) in [5.74, 6) is 0.766. The zero-order chi connectivity index (χ0) is 22.3. The molecule has 160 valence electrons. The second-order valence-electron chi connectivity index (χ2n) is 8.87. The number of nitrogens with one attached hydrogen (secondary N) is 1. The summed E-state index contributed by atoms with van der Waals surface area (Å²) in [6, 6.07) is 16.4. The van der Waals surface area contributed by atoms with Gasteiger partial charge in [0.1, 0.15) is 17.6 Å². The minimum Gasteiger partial charge on any atom is -0.339 e. The summed E-state index contributed by atoms with van der Waals surface area (Å²) in [4.78, 5) is 26.9. The number of hydrogen-bond acceptors (Lipinski definition) is 6. The molecule has 2 aromatic heterocycles. The highest BCUT2D eigenvalue weighted by Gasteiger charge is 2.56. The Bertz CT molecular complexity index is 1200. The van der Waals surface area contributed by atoms with Crippen LogP contribution in [0.1, 0.15) is 42.4 Å². The number of pyridine rings is 1. The third kappa shape index (κ3) is 3.08. The van der Waals surface area contributed by atoms with Gasteiger partial charge in [-0.2, -0.15) is 5.26 Å². The van der Waals surface area contributed by atoms with Gasteiger partial charge in [-0.1, -0.05) is 37.3 Å². The first-order valence-electron chi connectivity index (χ1n) is 11.1. The van der Waals surface area contributed by atoms with Crippen molar-refractivity contribution in [2.75, 3.05) is 5.32 Å². The van der Waals surface area contributed by atoms with Gasteiger partial charge in [-0.15, -0.1) is 0 Å². The molecule has 1 fully saturated rings. The lowest BCUT2D eigenvalue weighted by Crippen LogP contribution is -2.53. The van der Waals surface area contributed by atoms with Gasteiger partial charge < -0.3 is 5.32 Å². The monoisotopic (exact) mass is 423 g/mol. The van der Waals surface area contributed by atoms with Crippen molar-refractivity contribution >= 4 is 17.3 Å². The van der Waals surface area contributed by atoms with Crippen LogP contribution in [0.5, 0.6) is 0 Å². The molecule has 4 atom stereocenters. The lowest BCUT2D eigenvalue weighted by Gasteiger charge is -2.51. The van der Waals surface area contributed by atoms with Crippen molar-refractivity contribution in [3.8, 4) is 6.07 Å². The third-order valence-corrected chi connectivity index (χ3v) is 7.17. The van der Waals surface area contributed by atoms with E-state index < -0.39 is 11.3 Å². The largest absolute Gasteiger partial charge is 0.339 e. The van der Waals surface area contributed by atoms with Gasteiger partial charge in [0.2, 0.25) is 0 Å². The molecule has 1 saturated carbocycles. The maximum atomic E-state index is 13.0. The molecule has 1 unspecified atom stereocenters. The van der Waals surface area contributed by atoms with Crippen molar-refractivity contribution < 1.29 is 4.79 Å². The van der Waals surface area contributed by atoms with Gasteiger partial charge in [-0.25, -0.2) is 9.97 Å². The number of Topliss-reactive ketones (excluding diaryl/α,β-unsaturated/α-hetero) is 1. The number of ketones is 1. The molecular formula is C26H25N5O. The normalized spacial score (nSPS) is 26.5. The molecule has 6 heteroatoms. The third-order valence-electron chi connectivity index (χ3n) is 7.17. The summed E-state index contributed by atoms with van der Waals surface area (Å²) in [5.41, 5.74) is 3.51. The topological polar surface area (TPSA) is 91.6 Å². The van der Waals surface area contributed by atoms with Crippen molar-refractivity contribution in [1.82, 2.24) is 15.0 Å². The summed E-state index contributed by atoms with van der Waals surface area (Å²) < 4.78 is 0. The number of benzene rings is 1. The molecule has 32 heavy (non-hydrogen) atoms. The summed E-state index contributed by atoms with van der Waals surface area (Å²) in [5, 5.41) is 13.3. The van der Waals surface area contributed by atoms with Crippen LogP contribution >= 0.6 is 0 Å². The average molecular weight is 424 g/mol. The molecule has 0 amide bonds. The van der Waals surface area contributed by atoms with E-state index >= 15 is 0 Å². The molecule has 5 rings (SSSR count). The molecule has 0 bridgehead atoms. The van der Waals surface area contributed by atoms with Crippen molar-refractivity contribution in [1.29, 1.82) is 5.26 Å². The second-order valence-corrected chi connectivity index (χ2v) is 8.87. The fourth-order valence-corrected chi connectivity index (χ4v) is 5.78. The van der Waals surface area contributed by atoms with Crippen molar-refractivity contribution in [3.05, 3.63) is 77.5 Å². The number of carbonyl (C=O) groups is 1. The van der Waals surface area contributed by atoms with E-state index in [-0.39, 0.29) is 17.6 Å². The number of aromatic nitrogens is 3. The van der Waals surface area contributed by atoms with Crippen LogP contribution in [0.3, 0.4) is 0 Å². The lowest BCUT2D eigenvalue weighted by molar-refractivity contribution is -0.131. The molecule has 0 radical (unpaired) electrons. The fourth-order valence-electron chi connectivity index (χ4n) is 5.78. The summed E-state index contributed by atoms with van der Waals surface area (Å²) in [7, 11) is 0. The quantitative estimate of drug-likeness (QED) is 0.666. The Morgan fingerprint density at radius 1 is 1.16 bits per heavy atom. The molecule has 2 heterocycles. The van der Waals surface area contributed by atoms with Gasteiger partial charge >= 0.3 is 0 Å². The highest BCUT2D eigenvalue weighted by molar-refractivity contribution is 5.87. The first-order chi connectivity index (χ1) is 15.5. The number of hydrogen-bond donors (Lipinski definition) is 1. The Hall–Kier alpha value is -3.59. The van der Waals surface area contributed by atoms with Crippen LogP contribution in [0.25, 0.3) is 0 Å². The molecule has 0 spiro atoms. The van der Waals surface area contributed by atoms with Gasteiger partial charge in [-0.3, -0.25) is 9.78 Å². The zero-order valence-electron chi connectivity index (χ0n) is 18.2. The molecule has 2 aliphatic carbocycles. The Morgan fingerprint density at radius 3 is 2.69 bits per heavy atom. The average Bonchev–Trinajstić information content (AvgIpc) is 2.82. The Balaban J connectivity index is 1.74. The van der Waals surface area contributed by atoms with Gasteiger partial charge in [0, 0.05) is 23.1 Å². The van der Waals surface area contributed by atoms with Crippen LogP contribution < -0.4 is 5.32 Å². The molecule has 0 saturated heterocycles. The Morgan fingerprint density at radius 2 is 1.97 bits per heavy atom. The van der Waals surface area contributed by atoms with E-state index in [9.17, 15) is 10.1 Å². The maximum Gasteiger partial charge on any atom is 0.153 e. The molecule has 3 aromatic rings. The number of nitriles is 1. The number of rotatable bonds is 3. The van der Waals surface area contributed by atoms with Crippen LogP contribution in [0.2, 0.25) is 0 Å². The smallest absolute Gasteiger partial charge is 0.153 e. The minimum atomic E-state index is -0.641. The standard InChI is InChI=1S/C26H25N5O/c1-16-22-11-10-21-24(29-17(2)30-25(21)31-20-9-6-12-28-15-20)26(22,13-18(14-27)23(16)32)19-7-4-3-5-8-19/h3-9,12,15-16,18,22H,10-11,13H2,1-2H3,(H,29,30,31)/t16-,18?,22-,26+/m0/s1. The van der Waals surface area contributed by atoms with E-state index in [0.717, 1.165) is 41.2 Å². The van der Waals surface area contributed by atoms with Gasteiger partial charge in [0.25, 0.3) is 0 Å². The van der Waals surface area contributed by atoms with Crippen LogP contribution in [0.15, 0.2) is 54.9 Å². The molecule has 2 aliphatic rings. The van der Waals surface area contributed by atoms with Crippen LogP contribution in [-0.2, 0) is 16.6 Å². The molecule has 0 aliphatic heterocycles. The number of carbonyl (C=O) groups excluding carboxylic acids is 1. The van der Waals surface area contributed by atoms with E-state index in [1.165, 1.54) is 0 Å². The van der Waals surface area contributed by atoms with Gasteiger partial charge in [0.15, 0.2) is 5.78 Å². The molecule has 1 N–H and O–H groups in total. The van der Waals surface area contributed by atoms with E-state index in [1.807, 2.05) is 44.2 Å². The predicted octanol–water partition coefficient (Wildman–Crippen LogP) is 4.52. The van der Waals surface area contributed by atoms with Crippen molar-refractivity contribution in [2.45, 2.75) is 38.5 Å². The van der Waals surface area contributed by atoms with E-state index in [1.54, 1.807) is 12.4 Å². The predicted molar refractivity (Wildman–Crippen MR) is 121 cm³/mol. The minimum absolute atomic E-state index is 0.0620. The number of nitrogens with zero attached hydrogens (tertiary/aromatic N) is 4. The molecule has 1 aromatic carbocycles. The first kappa shape index (κ1) is 20.3. The SMILES string of the molecule is Cc1nc(Nc2cccnc2)c2c(n1)[C@@]1(c3ccccc3)CC(C#N)C(=O)[C@@H](C)[C@@H]1CC2. The van der Waals surface area contributed by atoms with Crippen LogP contribution in [0, 0.1) is 36.0 Å². The highest BCUT2D eigenvalue weighted by Crippen LogP contribution is 2.56. The second kappa shape index (κ2) is 7.83. The molecule has 6 nitrogen and oxygen atoms in total. The number of aryl methyl sites for hydroxylation is 1. The molecular weight excluding hydrogens is 398 g/mol. The Labute approximate surface area is 187 Å². The fraction of sp³-hybridized carbons (Fsp3) is 0.346. The summed E-state index contributed by atoms with van der Waals surface area (Å²) in [6.45, 7) is 3.89. The highest BCUT2D eigenvalue weighted by atomic mass is 16.1. The van der Waals surface area contributed by atoms with Gasteiger partial charge in [-0.05, 0) is 49.8 Å². The van der Waals surface area contributed by atoms with Crippen molar-refractivity contribution in [3.63, 3.8) is 0 Å².